The van der Waals surface area contributed by atoms with Gasteiger partial charge in [-0.15, -0.1) is 0 Å². The number of rotatable bonds is 2. The van der Waals surface area contributed by atoms with Crippen molar-refractivity contribution < 1.29 is 0 Å². The maximum Gasteiger partial charge on any atom is 0.190 e. The van der Waals surface area contributed by atoms with Crippen molar-refractivity contribution in [3.05, 3.63) is 48.5 Å². The molecule has 3 aromatic rings. The number of hydrogen-bond acceptors (Lipinski definition) is 4. The molecule has 0 unspecified atom stereocenters. The van der Waals surface area contributed by atoms with Crippen molar-refractivity contribution in [1.29, 1.82) is 0 Å². The quantitative estimate of drug-likeness (QED) is 0.711. The molecule has 1 heterocycles. The predicted octanol–water partition coefficient (Wildman–Crippen LogP) is 3.65. The van der Waals surface area contributed by atoms with E-state index in [1.54, 1.807) is 11.3 Å². The highest BCUT2D eigenvalue weighted by Crippen LogP contribution is 2.32. The summed E-state index contributed by atoms with van der Waals surface area (Å²) in [7, 11) is 2.02. The van der Waals surface area contributed by atoms with Crippen molar-refractivity contribution in [3.63, 3.8) is 0 Å². The summed E-state index contributed by atoms with van der Waals surface area (Å²) < 4.78 is 1.12. The zero-order valence-corrected chi connectivity index (χ0v) is 10.8. The van der Waals surface area contributed by atoms with Crippen LogP contribution in [0.1, 0.15) is 0 Å². The molecule has 0 aliphatic rings. The van der Waals surface area contributed by atoms with Crippen LogP contribution in [-0.4, -0.2) is 12.0 Å². The predicted molar refractivity (Wildman–Crippen MR) is 78.5 cm³/mol. The van der Waals surface area contributed by atoms with Gasteiger partial charge in [-0.25, -0.2) is 4.98 Å². The molecule has 0 saturated heterocycles. The van der Waals surface area contributed by atoms with Crippen LogP contribution in [0, 0.1) is 0 Å². The number of para-hydroxylation sites is 1. The third kappa shape index (κ3) is 1.91. The van der Waals surface area contributed by atoms with E-state index in [4.69, 9.17) is 5.73 Å². The lowest BCUT2D eigenvalue weighted by Crippen LogP contribution is -2.08. The number of nitrogens with two attached hydrogens (primary N) is 1. The Morgan fingerprint density at radius 1 is 1.11 bits per heavy atom. The van der Waals surface area contributed by atoms with Crippen molar-refractivity contribution in [2.75, 3.05) is 17.7 Å². The summed E-state index contributed by atoms with van der Waals surface area (Å²) in [5.41, 5.74) is 8.69. The fourth-order valence-corrected chi connectivity index (χ4v) is 2.83. The average Bonchev–Trinajstić information content (AvgIpc) is 2.81. The summed E-state index contributed by atoms with van der Waals surface area (Å²) in [4.78, 5) is 6.70. The zero-order chi connectivity index (χ0) is 12.5. The second kappa shape index (κ2) is 4.31. The van der Waals surface area contributed by atoms with Crippen LogP contribution in [0.5, 0.6) is 0 Å². The Morgan fingerprint density at radius 3 is 2.67 bits per heavy atom. The zero-order valence-electron chi connectivity index (χ0n) is 10.00. The average molecular weight is 255 g/mol. The molecule has 3 rings (SSSR count). The summed E-state index contributed by atoms with van der Waals surface area (Å²) in [6.45, 7) is 0. The Hall–Kier alpha value is -2.07. The molecule has 2 N–H and O–H groups in total. The van der Waals surface area contributed by atoms with Gasteiger partial charge in [-0.05, 0) is 30.3 Å². The summed E-state index contributed by atoms with van der Waals surface area (Å²) in [5, 5.41) is 0.974. The normalized spacial score (nSPS) is 10.7. The summed E-state index contributed by atoms with van der Waals surface area (Å²) in [5.74, 6) is 0. The number of nitrogens with zero attached hydrogens (tertiary/aromatic N) is 2. The highest BCUT2D eigenvalue weighted by molar-refractivity contribution is 7.22. The molecule has 0 spiro atoms. The van der Waals surface area contributed by atoms with Gasteiger partial charge >= 0.3 is 0 Å². The van der Waals surface area contributed by atoms with Gasteiger partial charge in [0.1, 0.15) is 0 Å². The maximum atomic E-state index is 5.79. The van der Waals surface area contributed by atoms with E-state index in [9.17, 15) is 0 Å². The molecule has 0 fully saturated rings. The number of benzene rings is 2. The lowest BCUT2D eigenvalue weighted by atomic mass is 10.3. The van der Waals surface area contributed by atoms with Crippen LogP contribution in [0.4, 0.5) is 16.5 Å². The Labute approximate surface area is 109 Å². The number of hydrogen-bond donors (Lipinski definition) is 1. The fourth-order valence-electron chi connectivity index (χ4n) is 1.83. The fraction of sp³-hybridized carbons (Fsp3) is 0.0714. The highest BCUT2D eigenvalue weighted by Gasteiger charge is 2.09. The minimum atomic E-state index is 0.778. The highest BCUT2D eigenvalue weighted by atomic mass is 32.1. The van der Waals surface area contributed by atoms with Crippen LogP contribution in [0.25, 0.3) is 10.2 Å². The first-order valence-electron chi connectivity index (χ1n) is 5.69. The number of thiazole rings is 1. The molecule has 1 aromatic heterocycles. The molecule has 2 aromatic carbocycles. The van der Waals surface area contributed by atoms with Crippen LogP contribution in [-0.2, 0) is 0 Å². The topological polar surface area (TPSA) is 42.2 Å². The van der Waals surface area contributed by atoms with E-state index in [0.717, 1.165) is 26.7 Å². The lowest BCUT2D eigenvalue weighted by Gasteiger charge is -2.15. The van der Waals surface area contributed by atoms with Gasteiger partial charge in [-0.3, -0.25) is 0 Å². The largest absolute Gasteiger partial charge is 0.399 e. The van der Waals surface area contributed by atoms with Crippen LogP contribution in [0.2, 0.25) is 0 Å². The summed E-state index contributed by atoms with van der Waals surface area (Å²) in [6, 6.07) is 16.0. The van der Waals surface area contributed by atoms with E-state index >= 15 is 0 Å². The second-order valence-corrected chi connectivity index (χ2v) is 5.13. The SMILES string of the molecule is CN(c1ccccc1)c1nc2ccc(N)cc2s1. The Balaban J connectivity index is 2.04. The van der Waals surface area contributed by atoms with E-state index in [2.05, 4.69) is 22.0 Å². The summed E-state index contributed by atoms with van der Waals surface area (Å²) in [6.07, 6.45) is 0. The molecular weight excluding hydrogens is 242 g/mol. The lowest BCUT2D eigenvalue weighted by molar-refractivity contribution is 1.18. The van der Waals surface area contributed by atoms with Crippen LogP contribution < -0.4 is 10.6 Å². The van der Waals surface area contributed by atoms with E-state index in [1.165, 1.54) is 0 Å². The smallest absolute Gasteiger partial charge is 0.190 e. The molecule has 4 heteroatoms. The molecule has 0 amide bonds. The van der Waals surface area contributed by atoms with Gasteiger partial charge in [-0.1, -0.05) is 29.5 Å². The molecule has 0 bridgehead atoms. The van der Waals surface area contributed by atoms with Gasteiger partial charge in [0.25, 0.3) is 0 Å². The van der Waals surface area contributed by atoms with Crippen LogP contribution in [0.3, 0.4) is 0 Å². The van der Waals surface area contributed by atoms with Gasteiger partial charge in [0.2, 0.25) is 0 Å². The number of aromatic nitrogens is 1. The van der Waals surface area contributed by atoms with Crippen molar-refractivity contribution in [3.8, 4) is 0 Å². The van der Waals surface area contributed by atoms with Crippen molar-refractivity contribution in [2.24, 2.45) is 0 Å². The first kappa shape index (κ1) is 11.0. The Bertz CT molecular complexity index is 676. The van der Waals surface area contributed by atoms with Crippen LogP contribution in [0.15, 0.2) is 48.5 Å². The van der Waals surface area contributed by atoms with Gasteiger partial charge in [-0.2, -0.15) is 0 Å². The van der Waals surface area contributed by atoms with Crippen LogP contribution >= 0.6 is 11.3 Å². The standard InChI is InChI=1S/C14H13N3S/c1-17(11-5-3-2-4-6-11)14-16-12-8-7-10(15)9-13(12)18-14/h2-9H,15H2,1H3. The van der Waals surface area contributed by atoms with E-state index < -0.39 is 0 Å². The third-order valence-corrected chi connectivity index (χ3v) is 3.93. The van der Waals surface area contributed by atoms with Crippen molar-refractivity contribution in [2.45, 2.75) is 0 Å². The molecule has 90 valence electrons. The molecular formula is C14H13N3S. The second-order valence-electron chi connectivity index (χ2n) is 4.12. The van der Waals surface area contributed by atoms with E-state index in [1.807, 2.05) is 43.4 Å². The van der Waals surface area contributed by atoms with Gasteiger partial charge in [0, 0.05) is 18.4 Å². The monoisotopic (exact) mass is 255 g/mol. The Morgan fingerprint density at radius 2 is 1.89 bits per heavy atom. The minimum Gasteiger partial charge on any atom is -0.399 e. The van der Waals surface area contributed by atoms with E-state index in [0.29, 0.717) is 0 Å². The van der Waals surface area contributed by atoms with Gasteiger partial charge in [0.05, 0.1) is 10.2 Å². The van der Waals surface area contributed by atoms with Crippen molar-refractivity contribution in [1.82, 2.24) is 4.98 Å². The van der Waals surface area contributed by atoms with E-state index in [-0.39, 0.29) is 0 Å². The summed E-state index contributed by atoms with van der Waals surface area (Å²) >= 11 is 1.65. The number of nitrogen functional groups attached to an aromatic ring is 1. The van der Waals surface area contributed by atoms with Crippen molar-refractivity contribution >= 4 is 38.1 Å². The van der Waals surface area contributed by atoms with Gasteiger partial charge in [0.15, 0.2) is 5.13 Å². The maximum absolute atomic E-state index is 5.79. The minimum absolute atomic E-state index is 0.778. The molecule has 0 radical (unpaired) electrons. The number of anilines is 3. The molecule has 3 nitrogen and oxygen atoms in total. The molecule has 0 aliphatic carbocycles. The third-order valence-electron chi connectivity index (χ3n) is 2.83. The molecule has 18 heavy (non-hydrogen) atoms. The molecule has 0 saturated carbocycles. The molecule has 0 atom stereocenters. The molecule has 0 aliphatic heterocycles. The first-order valence-corrected chi connectivity index (χ1v) is 6.50. The van der Waals surface area contributed by atoms with Gasteiger partial charge < -0.3 is 10.6 Å². The Kier molecular flexibility index (Phi) is 2.64. The first-order chi connectivity index (χ1) is 8.74. The number of fused-ring (bicyclic) bond motifs is 1.